The molecular weight excluding hydrogens is 297 g/mol. The summed E-state index contributed by atoms with van der Waals surface area (Å²) in [6.45, 7) is 3.91. The Labute approximate surface area is 137 Å². The average molecular weight is 323 g/mol. The third-order valence-corrected chi connectivity index (χ3v) is 4.25. The molecular formula is C18H26FNO3. The second kappa shape index (κ2) is 8.41. The van der Waals surface area contributed by atoms with E-state index in [-0.39, 0.29) is 23.9 Å². The van der Waals surface area contributed by atoms with Crippen molar-refractivity contribution in [2.24, 2.45) is 0 Å². The molecule has 0 spiro atoms. The summed E-state index contributed by atoms with van der Waals surface area (Å²) in [5, 5.41) is 13.0. The molecule has 0 radical (unpaired) electrons. The molecule has 1 heterocycles. The monoisotopic (exact) mass is 323 g/mol. The second-order valence-corrected chi connectivity index (χ2v) is 6.46. The number of aliphatic hydroxyl groups is 1. The van der Waals surface area contributed by atoms with Gasteiger partial charge in [0.25, 0.3) is 0 Å². The van der Waals surface area contributed by atoms with Gasteiger partial charge in [-0.25, -0.2) is 4.39 Å². The topological polar surface area (TPSA) is 58.6 Å². The van der Waals surface area contributed by atoms with Crippen LogP contribution < -0.4 is 5.32 Å². The van der Waals surface area contributed by atoms with E-state index in [1.165, 1.54) is 12.1 Å². The predicted molar refractivity (Wildman–Crippen MR) is 86.4 cm³/mol. The Morgan fingerprint density at radius 1 is 1.39 bits per heavy atom. The van der Waals surface area contributed by atoms with Crippen molar-refractivity contribution in [1.29, 1.82) is 0 Å². The molecule has 0 saturated carbocycles. The van der Waals surface area contributed by atoms with Crippen LogP contribution in [0.15, 0.2) is 24.3 Å². The SMILES string of the molecule is CC(CC(O)c1ccc(F)cc1)NC(=O)CCC1CCC(C)O1. The highest BCUT2D eigenvalue weighted by atomic mass is 19.1. The van der Waals surface area contributed by atoms with E-state index in [0.29, 0.717) is 24.5 Å². The molecule has 0 bridgehead atoms. The van der Waals surface area contributed by atoms with Gasteiger partial charge < -0.3 is 15.2 Å². The number of halogens is 1. The standard InChI is InChI=1S/C18H26FNO3/c1-12(11-17(21)14-4-6-15(19)7-5-14)20-18(22)10-9-16-8-3-13(2)23-16/h4-7,12-13,16-17,21H,3,8-11H2,1-2H3,(H,20,22). The summed E-state index contributed by atoms with van der Waals surface area (Å²) in [7, 11) is 0. The number of aliphatic hydroxyl groups excluding tert-OH is 1. The van der Waals surface area contributed by atoms with Gasteiger partial charge in [-0.15, -0.1) is 0 Å². The van der Waals surface area contributed by atoms with Crippen molar-refractivity contribution in [2.45, 2.75) is 70.3 Å². The summed E-state index contributed by atoms with van der Waals surface area (Å²) in [4.78, 5) is 12.0. The second-order valence-electron chi connectivity index (χ2n) is 6.46. The molecule has 1 aliphatic heterocycles. The van der Waals surface area contributed by atoms with Crippen LogP contribution in [-0.4, -0.2) is 29.3 Å². The quantitative estimate of drug-likeness (QED) is 0.810. The lowest BCUT2D eigenvalue weighted by Crippen LogP contribution is -2.34. The predicted octanol–water partition coefficient (Wildman–Crippen LogP) is 3.10. The van der Waals surface area contributed by atoms with E-state index in [4.69, 9.17) is 4.74 Å². The van der Waals surface area contributed by atoms with Crippen LogP contribution in [0, 0.1) is 5.82 Å². The van der Waals surface area contributed by atoms with Crippen LogP contribution in [0.3, 0.4) is 0 Å². The molecule has 4 atom stereocenters. The summed E-state index contributed by atoms with van der Waals surface area (Å²) < 4.78 is 18.6. The molecule has 1 aromatic rings. The molecule has 4 unspecified atom stereocenters. The van der Waals surface area contributed by atoms with Gasteiger partial charge in [0.2, 0.25) is 5.91 Å². The largest absolute Gasteiger partial charge is 0.388 e. The van der Waals surface area contributed by atoms with E-state index in [0.717, 1.165) is 19.3 Å². The number of hydrogen-bond donors (Lipinski definition) is 2. The van der Waals surface area contributed by atoms with E-state index in [1.54, 1.807) is 12.1 Å². The molecule has 1 aliphatic rings. The Bertz CT molecular complexity index is 505. The molecule has 1 saturated heterocycles. The zero-order chi connectivity index (χ0) is 16.8. The fraction of sp³-hybridized carbons (Fsp3) is 0.611. The van der Waals surface area contributed by atoms with Gasteiger partial charge in [-0.05, 0) is 57.2 Å². The summed E-state index contributed by atoms with van der Waals surface area (Å²) in [5.41, 5.74) is 0.654. The molecule has 5 heteroatoms. The first kappa shape index (κ1) is 17.9. The van der Waals surface area contributed by atoms with Crippen molar-refractivity contribution >= 4 is 5.91 Å². The lowest BCUT2D eigenvalue weighted by molar-refractivity contribution is -0.122. The highest BCUT2D eigenvalue weighted by molar-refractivity contribution is 5.76. The Morgan fingerprint density at radius 3 is 2.70 bits per heavy atom. The van der Waals surface area contributed by atoms with Gasteiger partial charge >= 0.3 is 0 Å². The maximum absolute atomic E-state index is 12.9. The first-order valence-corrected chi connectivity index (χ1v) is 8.32. The number of carbonyl (C=O) groups is 1. The van der Waals surface area contributed by atoms with E-state index in [9.17, 15) is 14.3 Å². The van der Waals surface area contributed by atoms with Crippen molar-refractivity contribution in [2.75, 3.05) is 0 Å². The van der Waals surface area contributed by atoms with Gasteiger partial charge in [-0.3, -0.25) is 4.79 Å². The fourth-order valence-electron chi connectivity index (χ4n) is 2.95. The van der Waals surface area contributed by atoms with Crippen LogP contribution in [0.5, 0.6) is 0 Å². The van der Waals surface area contributed by atoms with Gasteiger partial charge in [0.15, 0.2) is 0 Å². The Morgan fingerprint density at radius 2 is 2.09 bits per heavy atom. The lowest BCUT2D eigenvalue weighted by Gasteiger charge is -2.19. The number of carbonyl (C=O) groups excluding carboxylic acids is 1. The molecule has 2 rings (SSSR count). The van der Waals surface area contributed by atoms with Crippen LogP contribution in [0.1, 0.15) is 57.6 Å². The Balaban J connectivity index is 1.69. The zero-order valence-corrected chi connectivity index (χ0v) is 13.8. The average Bonchev–Trinajstić information content (AvgIpc) is 2.91. The maximum atomic E-state index is 12.9. The van der Waals surface area contributed by atoms with Crippen molar-refractivity contribution in [3.8, 4) is 0 Å². The minimum Gasteiger partial charge on any atom is -0.388 e. The van der Waals surface area contributed by atoms with Crippen LogP contribution in [0.25, 0.3) is 0 Å². The fourth-order valence-corrected chi connectivity index (χ4v) is 2.95. The van der Waals surface area contributed by atoms with Crippen molar-refractivity contribution in [3.63, 3.8) is 0 Å². The van der Waals surface area contributed by atoms with Crippen LogP contribution in [-0.2, 0) is 9.53 Å². The first-order chi connectivity index (χ1) is 10.9. The van der Waals surface area contributed by atoms with Gasteiger partial charge in [0.05, 0.1) is 18.3 Å². The lowest BCUT2D eigenvalue weighted by atomic mass is 10.0. The third kappa shape index (κ3) is 5.92. The number of benzene rings is 1. The number of rotatable bonds is 7. The molecule has 4 nitrogen and oxygen atoms in total. The van der Waals surface area contributed by atoms with Crippen LogP contribution >= 0.6 is 0 Å². The number of nitrogens with one attached hydrogen (secondary N) is 1. The van der Waals surface area contributed by atoms with E-state index >= 15 is 0 Å². The molecule has 0 aromatic heterocycles. The normalized spacial score (nSPS) is 23.5. The highest BCUT2D eigenvalue weighted by Crippen LogP contribution is 2.23. The highest BCUT2D eigenvalue weighted by Gasteiger charge is 2.22. The van der Waals surface area contributed by atoms with Gasteiger partial charge in [-0.1, -0.05) is 12.1 Å². The molecule has 23 heavy (non-hydrogen) atoms. The van der Waals surface area contributed by atoms with Gasteiger partial charge in [-0.2, -0.15) is 0 Å². The maximum Gasteiger partial charge on any atom is 0.220 e. The van der Waals surface area contributed by atoms with Gasteiger partial charge in [0.1, 0.15) is 5.82 Å². The number of amides is 1. The first-order valence-electron chi connectivity index (χ1n) is 8.32. The molecule has 0 aliphatic carbocycles. The van der Waals surface area contributed by atoms with E-state index in [1.807, 2.05) is 6.92 Å². The van der Waals surface area contributed by atoms with Crippen molar-refractivity contribution < 1.29 is 19.0 Å². The summed E-state index contributed by atoms with van der Waals surface area (Å²) in [5.74, 6) is -0.349. The van der Waals surface area contributed by atoms with Crippen molar-refractivity contribution in [3.05, 3.63) is 35.6 Å². The van der Waals surface area contributed by atoms with Gasteiger partial charge in [0, 0.05) is 12.5 Å². The third-order valence-electron chi connectivity index (χ3n) is 4.25. The smallest absolute Gasteiger partial charge is 0.220 e. The minimum atomic E-state index is -0.718. The van der Waals surface area contributed by atoms with Crippen molar-refractivity contribution in [1.82, 2.24) is 5.32 Å². The Hall–Kier alpha value is -1.46. The Kier molecular flexibility index (Phi) is 6.54. The summed E-state index contributed by atoms with van der Waals surface area (Å²) >= 11 is 0. The molecule has 1 aromatic carbocycles. The molecule has 1 amide bonds. The zero-order valence-electron chi connectivity index (χ0n) is 13.8. The summed E-state index contributed by atoms with van der Waals surface area (Å²) in [6.07, 6.45) is 3.43. The molecule has 1 fully saturated rings. The number of hydrogen-bond acceptors (Lipinski definition) is 3. The summed E-state index contributed by atoms with van der Waals surface area (Å²) in [6, 6.07) is 5.63. The van der Waals surface area contributed by atoms with Crippen LogP contribution in [0.4, 0.5) is 4.39 Å². The number of ether oxygens (including phenoxy) is 1. The van der Waals surface area contributed by atoms with E-state index < -0.39 is 6.10 Å². The van der Waals surface area contributed by atoms with E-state index in [2.05, 4.69) is 12.2 Å². The molecule has 128 valence electrons. The molecule has 2 N–H and O–H groups in total. The van der Waals surface area contributed by atoms with Crippen LogP contribution in [0.2, 0.25) is 0 Å². The minimum absolute atomic E-state index is 0.0213.